The fourth-order valence-corrected chi connectivity index (χ4v) is 4.59. The second-order valence-electron chi connectivity index (χ2n) is 8.18. The van der Waals surface area contributed by atoms with Crippen molar-refractivity contribution in [2.45, 2.75) is 64.5 Å². The minimum Gasteiger partial charge on any atom is -0.355 e. The largest absolute Gasteiger partial charge is 0.355 e. The number of nitrogens with zero attached hydrogens (tertiary/aromatic N) is 4. The van der Waals surface area contributed by atoms with Crippen LogP contribution in [0.3, 0.4) is 0 Å². The number of likely N-dealkylation sites (tertiary alicyclic amines) is 2. The molecule has 1 aromatic heterocycles. The summed E-state index contributed by atoms with van der Waals surface area (Å²) in [5.41, 5.74) is 0. The molecule has 0 bridgehead atoms. The summed E-state index contributed by atoms with van der Waals surface area (Å²) in [5.74, 6) is 0.969. The van der Waals surface area contributed by atoms with Gasteiger partial charge in [0.25, 0.3) is 0 Å². The summed E-state index contributed by atoms with van der Waals surface area (Å²) in [6.07, 6.45) is 11.8. The molecule has 6 nitrogen and oxygen atoms in total. The normalized spacial score (nSPS) is 22.3. The van der Waals surface area contributed by atoms with Gasteiger partial charge in [-0.2, -0.15) is 5.10 Å². The standard InChI is InChI=1S/C21H37N5O/c1-2-25-13-3-6-20(25)18-22-21(27)8-7-19-9-16-24(17-10-19)12-5-15-26-14-4-11-23-26/h4,11,14,19-20H,2-3,5-10,12-13,15-18H2,1H3,(H,22,27)/t20-/m0/s1. The van der Waals surface area contributed by atoms with Crippen LogP contribution in [-0.2, 0) is 11.3 Å². The highest BCUT2D eigenvalue weighted by Crippen LogP contribution is 2.22. The van der Waals surface area contributed by atoms with Gasteiger partial charge >= 0.3 is 0 Å². The van der Waals surface area contributed by atoms with Gasteiger partial charge in [0.15, 0.2) is 0 Å². The van der Waals surface area contributed by atoms with Crippen LogP contribution in [0.1, 0.15) is 51.9 Å². The Morgan fingerprint density at radius 3 is 2.78 bits per heavy atom. The number of likely N-dealkylation sites (N-methyl/N-ethyl adjacent to an activating group) is 1. The van der Waals surface area contributed by atoms with E-state index in [4.69, 9.17) is 0 Å². The minimum absolute atomic E-state index is 0.250. The van der Waals surface area contributed by atoms with Crippen molar-refractivity contribution in [3.05, 3.63) is 18.5 Å². The lowest BCUT2D eigenvalue weighted by Crippen LogP contribution is -2.40. The molecule has 2 aliphatic rings. The molecule has 2 fully saturated rings. The van der Waals surface area contributed by atoms with Gasteiger partial charge in [-0.05, 0) is 83.2 Å². The van der Waals surface area contributed by atoms with Crippen molar-refractivity contribution in [1.29, 1.82) is 0 Å². The monoisotopic (exact) mass is 375 g/mol. The quantitative estimate of drug-likeness (QED) is 0.682. The zero-order valence-corrected chi connectivity index (χ0v) is 17.0. The van der Waals surface area contributed by atoms with Crippen LogP contribution in [0.4, 0.5) is 0 Å². The van der Waals surface area contributed by atoms with Crippen molar-refractivity contribution in [3.8, 4) is 0 Å². The van der Waals surface area contributed by atoms with Gasteiger partial charge in [0.05, 0.1) is 0 Å². The molecule has 0 saturated carbocycles. The molecule has 3 rings (SSSR count). The van der Waals surface area contributed by atoms with E-state index < -0.39 is 0 Å². The summed E-state index contributed by atoms with van der Waals surface area (Å²) in [7, 11) is 0. The summed E-state index contributed by atoms with van der Waals surface area (Å²) < 4.78 is 2.01. The average molecular weight is 376 g/mol. The second kappa shape index (κ2) is 10.8. The molecule has 0 aromatic carbocycles. The number of aryl methyl sites for hydroxylation is 1. The average Bonchev–Trinajstić information content (AvgIpc) is 3.37. The Kier molecular flexibility index (Phi) is 8.14. The Hall–Kier alpha value is -1.40. The van der Waals surface area contributed by atoms with Crippen molar-refractivity contribution in [3.63, 3.8) is 0 Å². The highest BCUT2D eigenvalue weighted by molar-refractivity contribution is 5.75. The van der Waals surface area contributed by atoms with E-state index in [-0.39, 0.29) is 5.91 Å². The molecule has 2 aliphatic heterocycles. The Balaban J connectivity index is 1.23. The van der Waals surface area contributed by atoms with Crippen LogP contribution in [0.15, 0.2) is 18.5 Å². The zero-order chi connectivity index (χ0) is 18.9. The Bertz CT molecular complexity index is 539. The molecule has 3 heterocycles. The predicted octanol–water partition coefficient (Wildman–Crippen LogP) is 2.37. The smallest absolute Gasteiger partial charge is 0.220 e. The van der Waals surface area contributed by atoms with E-state index in [1.807, 2.05) is 23.1 Å². The molecule has 6 heteroatoms. The SMILES string of the molecule is CCN1CCC[C@H]1CNC(=O)CCC1CCN(CCCn2cccn2)CC1. The molecule has 0 unspecified atom stereocenters. The van der Waals surface area contributed by atoms with E-state index in [1.54, 1.807) is 0 Å². The summed E-state index contributed by atoms with van der Waals surface area (Å²) in [6.45, 7) is 9.85. The lowest BCUT2D eigenvalue weighted by Gasteiger charge is -2.32. The van der Waals surface area contributed by atoms with Crippen molar-refractivity contribution in [2.75, 3.05) is 39.3 Å². The summed E-state index contributed by atoms with van der Waals surface area (Å²) >= 11 is 0. The molecule has 27 heavy (non-hydrogen) atoms. The van der Waals surface area contributed by atoms with Gasteiger partial charge in [-0.3, -0.25) is 14.4 Å². The first-order valence-electron chi connectivity index (χ1n) is 10.9. The molecule has 2 saturated heterocycles. The van der Waals surface area contributed by atoms with Crippen molar-refractivity contribution in [1.82, 2.24) is 24.9 Å². The Morgan fingerprint density at radius 2 is 2.04 bits per heavy atom. The highest BCUT2D eigenvalue weighted by atomic mass is 16.1. The number of rotatable bonds is 10. The number of carbonyl (C=O) groups is 1. The van der Waals surface area contributed by atoms with E-state index in [0.29, 0.717) is 12.5 Å². The molecule has 1 amide bonds. The van der Waals surface area contributed by atoms with Crippen molar-refractivity contribution in [2.24, 2.45) is 5.92 Å². The van der Waals surface area contributed by atoms with Crippen LogP contribution in [-0.4, -0.2) is 70.8 Å². The third-order valence-corrected chi connectivity index (χ3v) is 6.35. The van der Waals surface area contributed by atoms with Gasteiger partial charge in [0.2, 0.25) is 5.91 Å². The highest BCUT2D eigenvalue weighted by Gasteiger charge is 2.23. The molecule has 0 spiro atoms. The van der Waals surface area contributed by atoms with Crippen molar-refractivity contribution >= 4 is 5.91 Å². The number of carbonyl (C=O) groups excluding carboxylic acids is 1. The lowest BCUT2D eigenvalue weighted by atomic mass is 9.92. The van der Waals surface area contributed by atoms with Crippen LogP contribution in [0.25, 0.3) is 0 Å². The molecular weight excluding hydrogens is 338 g/mol. The van der Waals surface area contributed by atoms with E-state index in [2.05, 4.69) is 27.1 Å². The van der Waals surface area contributed by atoms with E-state index in [1.165, 1.54) is 45.3 Å². The number of amides is 1. The van der Waals surface area contributed by atoms with Gasteiger partial charge in [-0.15, -0.1) is 0 Å². The summed E-state index contributed by atoms with van der Waals surface area (Å²) in [5, 5.41) is 7.44. The van der Waals surface area contributed by atoms with Gasteiger partial charge in [-0.1, -0.05) is 6.92 Å². The van der Waals surface area contributed by atoms with Gasteiger partial charge < -0.3 is 10.2 Å². The molecule has 1 aromatic rings. The molecule has 1 N–H and O–H groups in total. The van der Waals surface area contributed by atoms with E-state index >= 15 is 0 Å². The third-order valence-electron chi connectivity index (χ3n) is 6.35. The number of hydrogen-bond acceptors (Lipinski definition) is 4. The number of nitrogens with one attached hydrogen (secondary N) is 1. The first kappa shape index (κ1) is 20.3. The maximum absolute atomic E-state index is 12.2. The molecular formula is C21H37N5O. The van der Waals surface area contributed by atoms with Crippen LogP contribution in [0.2, 0.25) is 0 Å². The number of piperidine rings is 1. The van der Waals surface area contributed by atoms with E-state index in [9.17, 15) is 4.79 Å². The minimum atomic E-state index is 0.250. The van der Waals surface area contributed by atoms with Gasteiger partial charge in [0.1, 0.15) is 0 Å². The first-order valence-corrected chi connectivity index (χ1v) is 10.9. The van der Waals surface area contributed by atoms with Crippen molar-refractivity contribution < 1.29 is 4.79 Å². The molecule has 0 aliphatic carbocycles. The fourth-order valence-electron chi connectivity index (χ4n) is 4.59. The Morgan fingerprint density at radius 1 is 1.19 bits per heavy atom. The van der Waals surface area contributed by atoms with Crippen LogP contribution in [0.5, 0.6) is 0 Å². The summed E-state index contributed by atoms with van der Waals surface area (Å²) in [6, 6.07) is 2.54. The number of aromatic nitrogens is 2. The Labute approximate surface area is 164 Å². The third kappa shape index (κ3) is 6.61. The topological polar surface area (TPSA) is 53.4 Å². The second-order valence-corrected chi connectivity index (χ2v) is 8.18. The zero-order valence-electron chi connectivity index (χ0n) is 17.0. The van der Waals surface area contributed by atoms with Crippen LogP contribution >= 0.6 is 0 Å². The molecule has 152 valence electrons. The number of hydrogen-bond donors (Lipinski definition) is 1. The maximum atomic E-state index is 12.2. The summed E-state index contributed by atoms with van der Waals surface area (Å²) in [4.78, 5) is 17.3. The van der Waals surface area contributed by atoms with Gasteiger partial charge in [0, 0.05) is 37.9 Å². The van der Waals surface area contributed by atoms with Crippen LogP contribution < -0.4 is 5.32 Å². The predicted molar refractivity (Wildman–Crippen MR) is 109 cm³/mol. The molecule has 1 atom stereocenters. The van der Waals surface area contributed by atoms with E-state index in [0.717, 1.165) is 44.9 Å². The fraction of sp³-hybridized carbons (Fsp3) is 0.810. The first-order chi connectivity index (χ1) is 13.2. The van der Waals surface area contributed by atoms with Crippen LogP contribution in [0, 0.1) is 5.92 Å². The van der Waals surface area contributed by atoms with Gasteiger partial charge in [-0.25, -0.2) is 0 Å². The maximum Gasteiger partial charge on any atom is 0.220 e. The lowest BCUT2D eigenvalue weighted by molar-refractivity contribution is -0.121. The molecule has 0 radical (unpaired) electrons.